The van der Waals surface area contributed by atoms with E-state index >= 15 is 4.79 Å². The Bertz CT molecular complexity index is 1530. The zero-order valence-corrected chi connectivity index (χ0v) is 28.3. The predicted octanol–water partition coefficient (Wildman–Crippen LogP) is 2.03. The highest BCUT2D eigenvalue weighted by molar-refractivity contribution is 5.91. The quantitative estimate of drug-likeness (QED) is 0.226. The lowest BCUT2D eigenvalue weighted by Gasteiger charge is -2.73. The van der Waals surface area contributed by atoms with Gasteiger partial charge in [-0.05, 0) is 43.7 Å². The van der Waals surface area contributed by atoms with E-state index in [1.54, 1.807) is 33.1 Å². The highest BCUT2D eigenvalue weighted by Gasteiger charge is 2.92. The van der Waals surface area contributed by atoms with Crippen LogP contribution in [-0.2, 0) is 42.9 Å². The van der Waals surface area contributed by atoms with Crippen molar-refractivity contribution < 1.29 is 62.6 Å². The van der Waals surface area contributed by atoms with Crippen LogP contribution in [0.3, 0.4) is 0 Å². The minimum Gasteiger partial charge on any atom is -0.472 e. The van der Waals surface area contributed by atoms with Crippen molar-refractivity contribution in [3.63, 3.8) is 0 Å². The number of rotatable bonds is 6. The van der Waals surface area contributed by atoms with E-state index in [0.717, 1.165) is 12.5 Å². The molecule has 264 valence electrons. The van der Waals surface area contributed by atoms with Gasteiger partial charge in [-0.3, -0.25) is 19.2 Å². The standard InChI is InChI=1S/C35H46O13/c1-8-15(2)29(42)47-30-31(5)20-12-21(38)33(7)25(34(20,14-44-30)27(41)24(45-16(3)36)28(31)46-17(4)37)23(39)26(40)32(6)19(18-9-10-43-13-18)11-22-35(32,33)48-22/h9-10,13,15,19-22,24-28,30,38,40-41H,8,11-12,14H2,1-7H3/t15-,19+,20+,21-,22-,24-,25+,26+,27+,28-,30-,31-,32-,33-,34+,35-/m1/s1. The molecule has 2 aliphatic heterocycles. The summed E-state index contributed by atoms with van der Waals surface area (Å²) in [5.41, 5.74) is -6.04. The van der Waals surface area contributed by atoms with Crippen LogP contribution in [0.4, 0.5) is 0 Å². The van der Waals surface area contributed by atoms with Crippen LogP contribution in [0.15, 0.2) is 23.0 Å². The number of Topliss-reactive ketones (excluding diaryl/α,β-unsaturated/α-hetero) is 1. The van der Waals surface area contributed by atoms with Gasteiger partial charge >= 0.3 is 17.9 Å². The number of fused-ring (bicyclic) bond motifs is 1. The molecule has 0 aromatic carbocycles. The first-order valence-corrected chi connectivity index (χ1v) is 16.9. The lowest BCUT2D eigenvalue weighted by Crippen LogP contribution is -2.84. The fourth-order valence-electron chi connectivity index (χ4n) is 11.6. The van der Waals surface area contributed by atoms with Gasteiger partial charge in [0.15, 0.2) is 18.0 Å². The van der Waals surface area contributed by atoms with Gasteiger partial charge in [0.2, 0.25) is 6.29 Å². The zero-order chi connectivity index (χ0) is 34.9. The number of furan rings is 1. The van der Waals surface area contributed by atoms with E-state index in [9.17, 15) is 29.7 Å². The molecule has 4 saturated carbocycles. The van der Waals surface area contributed by atoms with Crippen molar-refractivity contribution in [3.05, 3.63) is 24.2 Å². The van der Waals surface area contributed by atoms with Crippen molar-refractivity contribution in [1.29, 1.82) is 0 Å². The van der Waals surface area contributed by atoms with Gasteiger partial charge in [0.1, 0.15) is 17.8 Å². The predicted molar refractivity (Wildman–Crippen MR) is 161 cm³/mol. The minimum atomic E-state index is -1.66. The number of esters is 3. The molecule has 13 heteroatoms. The average Bonchev–Trinajstić information content (AvgIpc) is 3.39. The normalized spacial score (nSPS) is 50.6. The summed E-state index contributed by atoms with van der Waals surface area (Å²) in [4.78, 5) is 53.5. The molecule has 2 saturated heterocycles. The second-order valence-electron chi connectivity index (χ2n) is 15.7. The molecule has 4 aliphatic carbocycles. The van der Waals surface area contributed by atoms with E-state index in [1.807, 2.05) is 13.8 Å². The summed E-state index contributed by atoms with van der Waals surface area (Å²) in [5, 5.41) is 37.2. The fourth-order valence-corrected chi connectivity index (χ4v) is 11.6. The van der Waals surface area contributed by atoms with Gasteiger partial charge < -0.3 is 43.4 Å². The molecule has 0 unspecified atom stereocenters. The SMILES string of the molecule is CC[C@@H](C)C(=O)O[C@H]1OC[C@@]23[C@H]4C(=O)[C@H](O)[C@@]5(C)[C@H](c6ccoc6)C[C@H]6O[C@]65[C@]4(C)[C@H](O)C[C@H]2[C@]1(C)[C@H](OC(C)=O)[C@H](OC(C)=O)[C@@H]3O. The van der Waals surface area contributed by atoms with Gasteiger partial charge in [0.05, 0.1) is 42.7 Å². The molecule has 6 aliphatic rings. The number of epoxide rings is 1. The van der Waals surface area contributed by atoms with Crippen LogP contribution in [0.5, 0.6) is 0 Å². The molecule has 1 spiro atoms. The largest absolute Gasteiger partial charge is 0.472 e. The van der Waals surface area contributed by atoms with Gasteiger partial charge in [-0.15, -0.1) is 0 Å². The molecule has 0 radical (unpaired) electrons. The van der Waals surface area contributed by atoms with E-state index in [0.29, 0.717) is 12.8 Å². The molecule has 0 amide bonds. The highest BCUT2D eigenvalue weighted by Crippen LogP contribution is 2.82. The van der Waals surface area contributed by atoms with Crippen LogP contribution < -0.4 is 0 Å². The summed E-state index contributed by atoms with van der Waals surface area (Å²) in [6.07, 6.45) is -5.09. The Morgan fingerprint density at radius 1 is 1.02 bits per heavy atom. The van der Waals surface area contributed by atoms with Crippen molar-refractivity contribution in [3.8, 4) is 0 Å². The van der Waals surface area contributed by atoms with Gasteiger partial charge in [-0.1, -0.05) is 27.7 Å². The maximum absolute atomic E-state index is 15.0. The third-order valence-corrected chi connectivity index (χ3v) is 13.9. The number of hydrogen-bond acceptors (Lipinski definition) is 13. The Kier molecular flexibility index (Phi) is 7.42. The molecule has 48 heavy (non-hydrogen) atoms. The van der Waals surface area contributed by atoms with Crippen LogP contribution in [0, 0.1) is 39.4 Å². The molecule has 1 aromatic heterocycles. The topological polar surface area (TPSA) is 192 Å². The summed E-state index contributed by atoms with van der Waals surface area (Å²) in [6, 6.07) is 1.80. The van der Waals surface area contributed by atoms with Crippen molar-refractivity contribution in [1.82, 2.24) is 0 Å². The number of ketones is 1. The molecular formula is C35H46O13. The number of aliphatic hydroxyl groups excluding tert-OH is 3. The van der Waals surface area contributed by atoms with E-state index in [2.05, 4.69) is 0 Å². The Labute approximate surface area is 278 Å². The van der Waals surface area contributed by atoms with Crippen molar-refractivity contribution in [2.75, 3.05) is 6.61 Å². The maximum atomic E-state index is 15.0. The Balaban J connectivity index is 1.42. The summed E-state index contributed by atoms with van der Waals surface area (Å²) in [5.74, 6) is -5.68. The second kappa shape index (κ2) is 10.6. The Morgan fingerprint density at radius 2 is 1.71 bits per heavy atom. The monoisotopic (exact) mass is 674 g/mol. The zero-order valence-electron chi connectivity index (χ0n) is 28.3. The minimum absolute atomic E-state index is 0.0283. The molecule has 13 nitrogen and oxygen atoms in total. The Hall–Kier alpha value is -2.84. The number of carbonyl (C=O) groups is 4. The van der Waals surface area contributed by atoms with E-state index in [1.165, 1.54) is 13.2 Å². The summed E-state index contributed by atoms with van der Waals surface area (Å²) in [7, 11) is 0. The van der Waals surface area contributed by atoms with E-state index < -0.39 is 112 Å². The smallest absolute Gasteiger partial charge is 0.310 e. The number of hydrogen-bond donors (Lipinski definition) is 3. The highest BCUT2D eigenvalue weighted by atomic mass is 16.7. The van der Waals surface area contributed by atoms with Crippen molar-refractivity contribution in [2.45, 2.75) is 122 Å². The molecule has 2 bridgehead atoms. The summed E-state index contributed by atoms with van der Waals surface area (Å²) in [6.45, 7) is 10.8. The van der Waals surface area contributed by atoms with Crippen LogP contribution in [0.2, 0.25) is 0 Å². The van der Waals surface area contributed by atoms with Crippen LogP contribution in [0.1, 0.15) is 79.2 Å². The third kappa shape index (κ3) is 3.74. The molecule has 16 atom stereocenters. The lowest BCUT2D eigenvalue weighted by molar-refractivity contribution is -0.391. The summed E-state index contributed by atoms with van der Waals surface area (Å²) < 4.78 is 35.9. The van der Waals surface area contributed by atoms with Crippen LogP contribution >= 0.6 is 0 Å². The van der Waals surface area contributed by atoms with Crippen molar-refractivity contribution in [2.24, 2.45) is 39.4 Å². The number of carbonyl (C=O) groups excluding carboxylic acids is 4. The maximum Gasteiger partial charge on any atom is 0.310 e. The van der Waals surface area contributed by atoms with Gasteiger partial charge in [0, 0.05) is 41.9 Å². The van der Waals surface area contributed by atoms with Crippen LogP contribution in [0.25, 0.3) is 0 Å². The van der Waals surface area contributed by atoms with E-state index in [4.69, 9.17) is 28.1 Å². The van der Waals surface area contributed by atoms with Crippen LogP contribution in [-0.4, -0.2) is 94.1 Å². The number of ether oxygens (including phenoxy) is 5. The Morgan fingerprint density at radius 3 is 2.31 bits per heavy atom. The second-order valence-corrected chi connectivity index (χ2v) is 15.7. The molecule has 7 rings (SSSR count). The first kappa shape index (κ1) is 33.6. The molecule has 1 aromatic rings. The summed E-state index contributed by atoms with van der Waals surface area (Å²) >= 11 is 0. The molecule has 6 fully saturated rings. The molecule has 3 heterocycles. The first-order chi connectivity index (χ1) is 22.5. The average molecular weight is 675 g/mol. The van der Waals surface area contributed by atoms with Gasteiger partial charge in [0.25, 0.3) is 0 Å². The number of aliphatic hydroxyl groups is 3. The lowest BCUT2D eigenvalue weighted by atomic mass is 9.33. The van der Waals surface area contributed by atoms with Gasteiger partial charge in [-0.25, -0.2) is 0 Å². The van der Waals surface area contributed by atoms with Crippen molar-refractivity contribution >= 4 is 23.7 Å². The molecular weight excluding hydrogens is 628 g/mol. The first-order valence-electron chi connectivity index (χ1n) is 16.9. The molecule has 3 N–H and O–H groups in total. The van der Waals surface area contributed by atoms with E-state index in [-0.39, 0.29) is 18.9 Å². The third-order valence-electron chi connectivity index (χ3n) is 13.9. The fraction of sp³-hybridized carbons (Fsp3) is 0.771. The van der Waals surface area contributed by atoms with Gasteiger partial charge in [-0.2, -0.15) is 0 Å².